The number of hydrogen-bond acceptors (Lipinski definition) is 4. The Morgan fingerprint density at radius 3 is 2.52 bits per heavy atom. The predicted octanol–water partition coefficient (Wildman–Crippen LogP) is 3.46. The molecule has 0 saturated heterocycles. The van der Waals surface area contributed by atoms with E-state index in [1.807, 2.05) is 0 Å². The molecule has 0 aliphatic carbocycles. The number of carbonyl (C=O) groups is 1. The Morgan fingerprint density at radius 1 is 1.32 bits per heavy atom. The summed E-state index contributed by atoms with van der Waals surface area (Å²) in [6.45, 7) is 2.98. The molecule has 0 fully saturated rings. The number of hydrogen-bond donors (Lipinski definition) is 1. The Kier molecular flexibility index (Phi) is 5.10. The van der Waals surface area contributed by atoms with E-state index < -0.39 is 22.6 Å². The van der Waals surface area contributed by atoms with E-state index in [1.54, 1.807) is 0 Å². The standard InChI is InChI=1S/C15H15F3N4O3/c1-9-14(22(24)25)10(2)21(20-9)8-7-13(23)19-12-6-4-3-5-11(12)15(16,17)18/h3-6H,7-8H2,1-2H3,(H,19,23). The largest absolute Gasteiger partial charge is 0.418 e. The van der Waals surface area contributed by atoms with Crippen LogP contribution in [0.5, 0.6) is 0 Å². The zero-order chi connectivity index (χ0) is 18.8. The van der Waals surface area contributed by atoms with E-state index in [2.05, 4.69) is 10.4 Å². The lowest BCUT2D eigenvalue weighted by Crippen LogP contribution is -2.18. The van der Waals surface area contributed by atoms with Crippen molar-refractivity contribution in [3.05, 3.63) is 51.3 Å². The van der Waals surface area contributed by atoms with Crippen molar-refractivity contribution in [2.45, 2.75) is 33.0 Å². The lowest BCUT2D eigenvalue weighted by atomic mass is 10.1. The average Bonchev–Trinajstić information content (AvgIpc) is 2.79. The molecule has 0 spiro atoms. The third-order valence-electron chi connectivity index (χ3n) is 3.58. The van der Waals surface area contributed by atoms with Crippen LogP contribution in [0.3, 0.4) is 0 Å². The average molecular weight is 356 g/mol. The van der Waals surface area contributed by atoms with Gasteiger partial charge in [0.1, 0.15) is 11.4 Å². The second-order valence-electron chi connectivity index (χ2n) is 5.34. The molecule has 25 heavy (non-hydrogen) atoms. The Morgan fingerprint density at radius 2 is 1.96 bits per heavy atom. The number of benzene rings is 1. The van der Waals surface area contributed by atoms with Crippen LogP contribution in [0.15, 0.2) is 24.3 Å². The molecule has 2 aromatic rings. The summed E-state index contributed by atoms with van der Waals surface area (Å²) in [4.78, 5) is 22.3. The summed E-state index contributed by atoms with van der Waals surface area (Å²) in [6.07, 6.45) is -4.76. The smallest absolute Gasteiger partial charge is 0.325 e. The molecule has 1 amide bonds. The third kappa shape index (κ3) is 4.14. The molecule has 1 N–H and O–H groups in total. The van der Waals surface area contributed by atoms with Crippen LogP contribution in [0.25, 0.3) is 0 Å². The normalized spacial score (nSPS) is 11.4. The summed E-state index contributed by atoms with van der Waals surface area (Å²) in [7, 11) is 0. The van der Waals surface area contributed by atoms with Crippen molar-refractivity contribution < 1.29 is 22.9 Å². The molecule has 1 aromatic carbocycles. The molecule has 0 unspecified atom stereocenters. The van der Waals surface area contributed by atoms with Crippen LogP contribution in [0, 0.1) is 24.0 Å². The van der Waals surface area contributed by atoms with E-state index in [4.69, 9.17) is 0 Å². The topological polar surface area (TPSA) is 90.1 Å². The molecule has 0 radical (unpaired) electrons. The van der Waals surface area contributed by atoms with E-state index in [0.717, 1.165) is 12.1 Å². The minimum atomic E-state index is -4.58. The first-order valence-corrected chi connectivity index (χ1v) is 7.25. The van der Waals surface area contributed by atoms with Crippen molar-refractivity contribution in [1.82, 2.24) is 9.78 Å². The molecule has 0 atom stereocenters. The molecular formula is C15H15F3N4O3. The van der Waals surface area contributed by atoms with E-state index in [1.165, 1.54) is 30.7 Å². The number of aryl methyl sites for hydroxylation is 2. The van der Waals surface area contributed by atoms with Crippen molar-refractivity contribution in [2.75, 3.05) is 5.32 Å². The van der Waals surface area contributed by atoms with Crippen LogP contribution >= 0.6 is 0 Å². The highest BCUT2D eigenvalue weighted by atomic mass is 19.4. The van der Waals surface area contributed by atoms with Gasteiger partial charge in [0.2, 0.25) is 5.91 Å². The van der Waals surface area contributed by atoms with E-state index in [-0.39, 0.29) is 35.7 Å². The van der Waals surface area contributed by atoms with Crippen molar-refractivity contribution >= 4 is 17.3 Å². The minimum Gasteiger partial charge on any atom is -0.325 e. The number of amides is 1. The van der Waals surface area contributed by atoms with Crippen molar-refractivity contribution in [1.29, 1.82) is 0 Å². The second-order valence-corrected chi connectivity index (χ2v) is 5.34. The van der Waals surface area contributed by atoms with Crippen molar-refractivity contribution in [3.63, 3.8) is 0 Å². The number of alkyl halides is 3. The van der Waals surface area contributed by atoms with E-state index in [9.17, 15) is 28.1 Å². The summed E-state index contributed by atoms with van der Waals surface area (Å²) in [5, 5.41) is 17.1. The molecular weight excluding hydrogens is 341 g/mol. The van der Waals surface area contributed by atoms with Gasteiger partial charge in [0.15, 0.2) is 0 Å². The maximum Gasteiger partial charge on any atom is 0.418 e. The first-order valence-electron chi connectivity index (χ1n) is 7.25. The van der Waals surface area contributed by atoms with Gasteiger partial charge in [-0.25, -0.2) is 0 Å². The van der Waals surface area contributed by atoms with Gasteiger partial charge in [-0.1, -0.05) is 12.1 Å². The molecule has 7 nitrogen and oxygen atoms in total. The number of para-hydroxylation sites is 1. The number of nitro groups is 1. The zero-order valence-corrected chi connectivity index (χ0v) is 13.4. The molecule has 1 aromatic heterocycles. The number of halogens is 3. The second kappa shape index (κ2) is 6.91. The monoisotopic (exact) mass is 356 g/mol. The van der Waals surface area contributed by atoms with Crippen LogP contribution in [0.4, 0.5) is 24.5 Å². The molecule has 0 bridgehead atoms. The molecule has 134 valence electrons. The van der Waals surface area contributed by atoms with Crippen molar-refractivity contribution in [2.24, 2.45) is 0 Å². The Labute approximate surface area is 140 Å². The van der Waals surface area contributed by atoms with Gasteiger partial charge in [-0.15, -0.1) is 0 Å². The number of anilines is 1. The fourth-order valence-corrected chi connectivity index (χ4v) is 2.43. The first-order chi connectivity index (χ1) is 11.6. The van der Waals surface area contributed by atoms with Gasteiger partial charge in [-0.05, 0) is 26.0 Å². The lowest BCUT2D eigenvalue weighted by Gasteiger charge is -2.13. The van der Waals surface area contributed by atoms with Gasteiger partial charge in [0.25, 0.3) is 0 Å². The molecule has 2 rings (SSSR count). The summed E-state index contributed by atoms with van der Waals surface area (Å²) in [5.41, 5.74) is -0.913. The maximum absolute atomic E-state index is 12.9. The van der Waals surface area contributed by atoms with Crippen LogP contribution in [0.1, 0.15) is 23.4 Å². The number of aromatic nitrogens is 2. The highest BCUT2D eigenvalue weighted by Gasteiger charge is 2.33. The van der Waals surface area contributed by atoms with Crippen LogP contribution in [-0.4, -0.2) is 20.6 Å². The quantitative estimate of drug-likeness (QED) is 0.656. The lowest BCUT2D eigenvalue weighted by molar-refractivity contribution is -0.386. The fourth-order valence-electron chi connectivity index (χ4n) is 2.43. The predicted molar refractivity (Wildman–Crippen MR) is 83.0 cm³/mol. The summed E-state index contributed by atoms with van der Waals surface area (Å²) in [6, 6.07) is 4.65. The van der Waals surface area contributed by atoms with E-state index in [0.29, 0.717) is 0 Å². The number of nitrogens with zero attached hydrogens (tertiary/aromatic N) is 3. The minimum absolute atomic E-state index is 0.0144. The number of rotatable bonds is 5. The summed E-state index contributed by atoms with van der Waals surface area (Å²) >= 11 is 0. The zero-order valence-electron chi connectivity index (χ0n) is 13.4. The Balaban J connectivity index is 2.08. The maximum atomic E-state index is 12.9. The molecule has 0 aliphatic rings. The Bertz CT molecular complexity index is 815. The summed E-state index contributed by atoms with van der Waals surface area (Å²) < 4.78 is 40.0. The van der Waals surface area contributed by atoms with E-state index >= 15 is 0 Å². The fraction of sp³-hybridized carbons (Fsp3) is 0.333. The third-order valence-corrected chi connectivity index (χ3v) is 3.58. The highest BCUT2D eigenvalue weighted by molar-refractivity contribution is 5.91. The van der Waals surface area contributed by atoms with Crippen LogP contribution in [-0.2, 0) is 17.5 Å². The van der Waals surface area contributed by atoms with Gasteiger partial charge in [-0.3, -0.25) is 19.6 Å². The number of nitrogens with one attached hydrogen (secondary N) is 1. The van der Waals surface area contributed by atoms with Gasteiger partial charge >= 0.3 is 11.9 Å². The van der Waals surface area contributed by atoms with Gasteiger partial charge < -0.3 is 5.32 Å². The van der Waals surface area contributed by atoms with Crippen LogP contribution < -0.4 is 5.32 Å². The first kappa shape index (κ1) is 18.4. The van der Waals surface area contributed by atoms with Gasteiger partial charge in [-0.2, -0.15) is 18.3 Å². The molecule has 1 heterocycles. The van der Waals surface area contributed by atoms with Crippen LogP contribution in [0.2, 0.25) is 0 Å². The molecule has 10 heteroatoms. The van der Waals surface area contributed by atoms with Gasteiger partial charge in [0.05, 0.1) is 22.7 Å². The number of carbonyl (C=O) groups excluding carboxylic acids is 1. The SMILES string of the molecule is Cc1nn(CCC(=O)Nc2ccccc2C(F)(F)F)c(C)c1[N+](=O)[O-]. The molecule has 0 saturated carbocycles. The Hall–Kier alpha value is -2.91. The molecule has 0 aliphatic heterocycles. The highest BCUT2D eigenvalue weighted by Crippen LogP contribution is 2.34. The van der Waals surface area contributed by atoms with Crippen molar-refractivity contribution in [3.8, 4) is 0 Å². The van der Waals surface area contributed by atoms with Gasteiger partial charge in [0, 0.05) is 6.42 Å². The summed E-state index contributed by atoms with van der Waals surface area (Å²) in [5.74, 6) is -0.646.